The van der Waals surface area contributed by atoms with Gasteiger partial charge in [-0.25, -0.2) is 0 Å². The maximum absolute atomic E-state index is 9.85. The molecule has 1 aromatic heterocycles. The van der Waals surface area contributed by atoms with E-state index in [-0.39, 0.29) is 22.3 Å². The van der Waals surface area contributed by atoms with Gasteiger partial charge in [-0.1, -0.05) is 82.0 Å². The van der Waals surface area contributed by atoms with Gasteiger partial charge in [0.2, 0.25) is 0 Å². The highest BCUT2D eigenvalue weighted by molar-refractivity contribution is 7.16. The Kier molecular flexibility index (Phi) is 8.22. The minimum Gasteiger partial charge on any atom is -0.480 e. The average Bonchev–Trinajstić information content (AvgIpc) is 3.65. The molecule has 0 atom stereocenters. The summed E-state index contributed by atoms with van der Waals surface area (Å²) < 4.78 is 5.91. The van der Waals surface area contributed by atoms with Crippen LogP contribution in [0.2, 0.25) is 0 Å². The lowest BCUT2D eigenvalue weighted by Crippen LogP contribution is -2.25. The zero-order chi connectivity index (χ0) is 29.9. The minimum atomic E-state index is -0.828. The quantitative estimate of drug-likeness (QED) is 0.240. The molecule has 42 heavy (non-hydrogen) atoms. The Morgan fingerprint density at radius 1 is 0.857 bits per heavy atom. The van der Waals surface area contributed by atoms with Crippen molar-refractivity contribution < 1.29 is 4.74 Å². The molecular weight excluding hydrogens is 534 g/mol. The number of benzene rings is 2. The second-order valence-corrected chi connectivity index (χ2v) is 12.7. The van der Waals surface area contributed by atoms with Gasteiger partial charge in [-0.15, -0.1) is 11.3 Å². The monoisotopic (exact) mass is 569 g/mol. The highest BCUT2D eigenvalue weighted by Crippen LogP contribution is 2.55. The molecule has 2 heterocycles. The van der Waals surface area contributed by atoms with Crippen LogP contribution >= 0.6 is 11.3 Å². The number of allylic oxidation sites excluding steroid dienone is 2. The van der Waals surface area contributed by atoms with Gasteiger partial charge in [0, 0.05) is 20.7 Å². The normalized spacial score (nSPS) is 16.0. The Morgan fingerprint density at radius 3 is 2.21 bits per heavy atom. The largest absolute Gasteiger partial charge is 0.480 e. The van der Waals surface area contributed by atoms with E-state index in [2.05, 4.69) is 74.5 Å². The molecule has 0 bridgehead atoms. The number of rotatable bonds is 9. The second-order valence-electron chi connectivity index (χ2n) is 11.6. The fourth-order valence-corrected chi connectivity index (χ4v) is 7.38. The van der Waals surface area contributed by atoms with Gasteiger partial charge in [-0.2, -0.15) is 15.8 Å². The molecule has 0 saturated carbocycles. The van der Waals surface area contributed by atoms with Crippen LogP contribution in [-0.2, 0) is 10.2 Å². The van der Waals surface area contributed by atoms with Crippen LogP contribution in [0, 0.1) is 34.0 Å². The van der Waals surface area contributed by atoms with Crippen LogP contribution < -0.4 is 0 Å². The van der Waals surface area contributed by atoms with E-state index in [1.165, 1.54) is 71.2 Å². The van der Waals surface area contributed by atoms with Gasteiger partial charge in [-0.3, -0.25) is 0 Å². The van der Waals surface area contributed by atoms with Crippen molar-refractivity contribution in [2.75, 3.05) is 0 Å². The molecule has 4 nitrogen and oxygen atoms in total. The fourth-order valence-electron chi connectivity index (χ4n) is 6.47. The summed E-state index contributed by atoms with van der Waals surface area (Å²) in [4.78, 5) is 2.25. The molecule has 0 saturated heterocycles. The van der Waals surface area contributed by atoms with Crippen LogP contribution in [-0.4, -0.2) is 5.60 Å². The zero-order valence-electron chi connectivity index (χ0n) is 24.8. The topological polar surface area (TPSA) is 80.6 Å². The van der Waals surface area contributed by atoms with Crippen molar-refractivity contribution in [2.24, 2.45) is 0 Å². The molecule has 0 amide bonds. The Labute approximate surface area is 253 Å². The van der Waals surface area contributed by atoms with Crippen LogP contribution in [0.3, 0.4) is 0 Å². The Balaban J connectivity index is 1.52. The van der Waals surface area contributed by atoms with E-state index in [0.717, 1.165) is 4.88 Å². The number of thiophene rings is 1. The highest BCUT2D eigenvalue weighted by atomic mass is 32.1. The Morgan fingerprint density at radius 2 is 1.55 bits per heavy atom. The average molecular weight is 570 g/mol. The molecular formula is C37H35N3OS. The number of hydrogen-bond acceptors (Lipinski definition) is 5. The van der Waals surface area contributed by atoms with Gasteiger partial charge >= 0.3 is 0 Å². The maximum atomic E-state index is 9.85. The number of fused-ring (bicyclic) bond motifs is 3. The molecule has 0 unspecified atom stereocenters. The summed E-state index contributed by atoms with van der Waals surface area (Å²) in [7, 11) is 0. The van der Waals surface area contributed by atoms with E-state index >= 15 is 0 Å². The summed E-state index contributed by atoms with van der Waals surface area (Å²) in [6.45, 7) is 8.25. The maximum Gasteiger partial charge on any atom is 0.172 e. The molecule has 1 aliphatic carbocycles. The first-order chi connectivity index (χ1) is 20.3. The third kappa shape index (κ3) is 4.98. The minimum absolute atomic E-state index is 0.0547. The fraction of sp³-hybridized carbons (Fsp3) is 0.324. The lowest BCUT2D eigenvalue weighted by atomic mass is 9.70. The first-order valence-electron chi connectivity index (χ1n) is 14.7. The second kappa shape index (κ2) is 11.9. The van der Waals surface area contributed by atoms with Crippen molar-refractivity contribution in [3.8, 4) is 39.8 Å². The Hall–Kier alpha value is -4.37. The van der Waals surface area contributed by atoms with Gasteiger partial charge in [-0.05, 0) is 78.8 Å². The molecule has 0 radical (unpaired) electrons. The van der Waals surface area contributed by atoms with Crippen LogP contribution in [0.25, 0.3) is 27.6 Å². The Bertz CT molecular complexity index is 1720. The molecule has 3 aromatic rings. The molecule has 2 aliphatic rings. The third-order valence-corrected chi connectivity index (χ3v) is 9.67. The summed E-state index contributed by atoms with van der Waals surface area (Å²) in [5.74, 6) is 0.0628. The van der Waals surface area contributed by atoms with E-state index in [4.69, 9.17) is 4.74 Å². The van der Waals surface area contributed by atoms with Crippen LogP contribution in [0.5, 0.6) is 0 Å². The molecule has 0 N–H and O–H groups in total. The molecule has 5 rings (SSSR count). The lowest BCUT2D eigenvalue weighted by molar-refractivity contribution is 0.0954. The van der Waals surface area contributed by atoms with Gasteiger partial charge in [0.15, 0.2) is 11.3 Å². The SMILES string of the molecule is CCCCC1(CCCC)c2ccccc2-c2ccc(-c3ccc(/C=C/C4=C(C#N)C(=C(C#N)C#N)OC4(C)C)s3)cc21. The molecule has 1 aliphatic heterocycles. The third-order valence-electron chi connectivity index (χ3n) is 8.57. The number of ether oxygens (including phenoxy) is 1. The van der Waals surface area contributed by atoms with Crippen molar-refractivity contribution >= 4 is 17.4 Å². The van der Waals surface area contributed by atoms with Gasteiger partial charge in [0.05, 0.1) is 0 Å². The predicted molar refractivity (Wildman–Crippen MR) is 170 cm³/mol. The van der Waals surface area contributed by atoms with Crippen molar-refractivity contribution in [3.63, 3.8) is 0 Å². The summed E-state index contributed by atoms with van der Waals surface area (Å²) in [6, 6.07) is 26.1. The smallest absolute Gasteiger partial charge is 0.172 e. The van der Waals surface area contributed by atoms with Crippen molar-refractivity contribution in [1.82, 2.24) is 0 Å². The molecule has 210 valence electrons. The van der Waals surface area contributed by atoms with E-state index in [0.29, 0.717) is 5.57 Å². The summed E-state index contributed by atoms with van der Waals surface area (Å²) in [5.41, 5.74) is 6.86. The lowest BCUT2D eigenvalue weighted by Gasteiger charge is -2.33. The number of hydrogen-bond donors (Lipinski definition) is 0. The van der Waals surface area contributed by atoms with Gasteiger partial charge < -0.3 is 4.74 Å². The standard InChI is InChI=1S/C37H35N3OS/c1-5-7-19-37(20-8-6-2)32-12-10-9-11-28(32)29-16-13-25(21-33(29)37)34-18-15-27(42-34)14-17-31-30(24-40)35(26(22-38)23-39)41-36(31,3)4/h9-18,21H,5-8,19-20H2,1-4H3/b17-14+. The predicted octanol–water partition coefficient (Wildman–Crippen LogP) is 10.0. The van der Waals surface area contributed by atoms with Crippen molar-refractivity contribution in [1.29, 1.82) is 15.8 Å². The van der Waals surface area contributed by atoms with E-state index < -0.39 is 5.60 Å². The van der Waals surface area contributed by atoms with E-state index in [9.17, 15) is 15.8 Å². The van der Waals surface area contributed by atoms with Crippen LogP contribution in [0.4, 0.5) is 0 Å². The van der Waals surface area contributed by atoms with Gasteiger partial charge in [0.1, 0.15) is 29.4 Å². The summed E-state index contributed by atoms with van der Waals surface area (Å²) in [5, 5.41) is 28.5. The van der Waals surface area contributed by atoms with Crippen LogP contribution in [0.1, 0.15) is 82.2 Å². The molecule has 0 spiro atoms. The first-order valence-corrected chi connectivity index (χ1v) is 15.6. The number of nitrogens with zero attached hydrogens (tertiary/aromatic N) is 3. The van der Waals surface area contributed by atoms with Crippen molar-refractivity contribution in [3.05, 3.63) is 99.2 Å². The number of nitriles is 3. The molecule has 5 heteroatoms. The van der Waals surface area contributed by atoms with Crippen LogP contribution in [0.15, 0.2) is 83.2 Å². The van der Waals surface area contributed by atoms with E-state index in [1.807, 2.05) is 38.1 Å². The highest BCUT2D eigenvalue weighted by Gasteiger charge is 2.42. The summed E-state index contributed by atoms with van der Waals surface area (Å²) in [6.07, 6.45) is 11.0. The molecule has 2 aromatic carbocycles. The first kappa shape index (κ1) is 29.1. The molecule has 0 fully saturated rings. The van der Waals surface area contributed by atoms with E-state index in [1.54, 1.807) is 11.3 Å². The zero-order valence-corrected chi connectivity index (χ0v) is 25.6. The number of unbranched alkanes of at least 4 members (excludes halogenated alkanes) is 2. The summed E-state index contributed by atoms with van der Waals surface area (Å²) >= 11 is 1.71. The van der Waals surface area contributed by atoms with Gasteiger partial charge in [0.25, 0.3) is 0 Å². The van der Waals surface area contributed by atoms with Crippen molar-refractivity contribution in [2.45, 2.75) is 77.2 Å².